The largest absolute Gasteiger partial charge is 0.493 e. The molecule has 0 saturated carbocycles. The van der Waals surface area contributed by atoms with Gasteiger partial charge in [0, 0.05) is 70.6 Å². The topological polar surface area (TPSA) is 156 Å². The van der Waals surface area contributed by atoms with Gasteiger partial charge >= 0.3 is 11.9 Å². The van der Waals surface area contributed by atoms with Crippen molar-refractivity contribution in [2.75, 3.05) is 54.5 Å². The molecule has 1 aliphatic heterocycles. The predicted octanol–water partition coefficient (Wildman–Crippen LogP) is 16.7. The van der Waals surface area contributed by atoms with Crippen LogP contribution in [0.15, 0.2) is 78.6 Å². The van der Waals surface area contributed by atoms with Crippen LogP contribution in [0.25, 0.3) is 0 Å². The molecule has 0 radical (unpaired) electrons. The first-order valence-electron chi connectivity index (χ1n) is 32.9. The van der Waals surface area contributed by atoms with Crippen molar-refractivity contribution >= 4 is 46.7 Å². The molecule has 0 saturated heterocycles. The van der Waals surface area contributed by atoms with Crippen molar-refractivity contribution in [3.63, 3.8) is 0 Å². The molecule has 1 aromatic carbocycles. The molecule has 15 nitrogen and oxygen atoms in total. The maximum absolute atomic E-state index is 14.3. The Morgan fingerprint density at radius 2 is 1.52 bits per heavy atom. The number of carbonyl (C=O) groups is 3. The van der Waals surface area contributed by atoms with Gasteiger partial charge in [-0.2, -0.15) is 0 Å². The van der Waals surface area contributed by atoms with Gasteiger partial charge in [-0.05, 0) is 135 Å². The van der Waals surface area contributed by atoms with Crippen LogP contribution in [0, 0.1) is 41.4 Å². The van der Waals surface area contributed by atoms with E-state index in [1.54, 1.807) is 52.4 Å². The van der Waals surface area contributed by atoms with Crippen LogP contribution in [0.5, 0.6) is 11.5 Å². The molecule has 0 aliphatic carbocycles. The van der Waals surface area contributed by atoms with Gasteiger partial charge in [0.1, 0.15) is 19.0 Å². The minimum Gasteiger partial charge on any atom is -0.493 e. The van der Waals surface area contributed by atoms with Gasteiger partial charge in [-0.1, -0.05) is 139 Å². The number of hydrogen-bond donors (Lipinski definition) is 0. The maximum atomic E-state index is 14.3. The first kappa shape index (κ1) is 82.5. The van der Waals surface area contributed by atoms with Gasteiger partial charge in [0.25, 0.3) is 0 Å². The second-order valence-corrected chi connectivity index (χ2v) is 38.9. The van der Waals surface area contributed by atoms with Gasteiger partial charge in [-0.15, -0.1) is 11.8 Å². The SMILES string of the molecule is COc1ccc(COCO[C@H](CC[C@H](C)[C@H](O[Si](C)(C)C(C)(C)C)[C@H](C)[C@@H]2C/C=C/[C@H](OC)C[C@H](C)C/C=C(\C)[C@@H](OC)CC[C@@H](C)[C@@H](O[Si](C)(C)C(C)(C)C)[C@H](C)[C@H](OCSC)C/C=C/C=C/C(=O)O2)[C@H](C)[C@H](OC(C)=O)[C@H](C)/C=C/N(C)C=O)cc1OC. The minimum atomic E-state index is -2.48. The highest BCUT2D eigenvalue weighted by atomic mass is 32.2. The molecule has 516 valence electrons. The lowest BCUT2D eigenvalue weighted by atomic mass is 9.82. The molecule has 0 spiro atoms. The average molecular weight is 1320 g/mol. The summed E-state index contributed by atoms with van der Waals surface area (Å²) >= 11 is 1.66. The molecule has 2 rings (SSSR count). The Morgan fingerprint density at radius 1 is 0.856 bits per heavy atom. The Balaban J connectivity index is 2.79. The number of esters is 2. The lowest BCUT2D eigenvalue weighted by molar-refractivity contribution is -0.162. The molecule has 1 heterocycles. The highest BCUT2D eigenvalue weighted by Crippen LogP contribution is 2.43. The Hall–Kier alpha value is -3.57. The third-order valence-electron chi connectivity index (χ3n) is 19.2. The van der Waals surface area contributed by atoms with Crippen LogP contribution < -0.4 is 9.47 Å². The lowest BCUT2D eigenvalue weighted by Crippen LogP contribution is -2.49. The van der Waals surface area contributed by atoms with Gasteiger partial charge in [0.05, 0.1) is 63.4 Å². The van der Waals surface area contributed by atoms with Crippen LogP contribution in [-0.4, -0.2) is 143 Å². The standard InChI is InChI=1S/C72H125NO14SSi2/c1-50-34-35-51(2)61(78-18)39-36-52(3)69(86-89(22,23)71(10,11)12)56(7)62(83-49-88-21)31-27-26-28-33-67(76)85-64(32-29-30-60(44-50)77-17)57(8)70(87-90(24,25)72(13,14)15)53(4)37-40-63(55(6)68(84-58(9)75)54(5)42-43-73(16)47-74)82-48-81-46-59-38-41-65(79-19)66(45-59)80-20/h26-30,33,35,38,41-43,45,47,50,52-57,60-64,68-70H,31-32,34,36-37,39-40,44,46,48-49H2,1-25H3/b27-26+,30-29+,33-28+,43-42+,51-35+/t50-,52-,53+,54-,55+,56-,57-,60+,61+,62-,63-,64+,68-,69-,70+/m1/s1. The Kier molecular flexibility index (Phi) is 37.3. The summed E-state index contributed by atoms with van der Waals surface area (Å²) in [6.45, 7) is 41.9. The van der Waals surface area contributed by atoms with Crippen LogP contribution in [-0.2, 0) is 63.0 Å². The van der Waals surface area contributed by atoms with E-state index >= 15 is 0 Å². The maximum Gasteiger partial charge on any atom is 0.331 e. The summed E-state index contributed by atoms with van der Waals surface area (Å²) < 4.78 is 70.5. The molecule has 0 aromatic heterocycles. The van der Waals surface area contributed by atoms with Crippen molar-refractivity contribution in [3.05, 3.63) is 84.1 Å². The number of cyclic esters (lactones) is 1. The van der Waals surface area contributed by atoms with E-state index in [1.165, 1.54) is 23.5 Å². The number of benzene rings is 1. The molecule has 0 bridgehead atoms. The van der Waals surface area contributed by atoms with E-state index in [2.05, 4.69) is 140 Å². The number of ether oxygens (including phenoxy) is 9. The van der Waals surface area contributed by atoms with E-state index < -0.39 is 46.9 Å². The molecule has 0 unspecified atom stereocenters. The van der Waals surface area contributed by atoms with Crippen molar-refractivity contribution in [2.24, 2.45) is 41.4 Å². The summed E-state index contributed by atoms with van der Waals surface area (Å²) in [5.74, 6) is 0.550. The van der Waals surface area contributed by atoms with E-state index in [-0.39, 0.29) is 89.5 Å². The Labute approximate surface area is 553 Å². The third kappa shape index (κ3) is 28.2. The second kappa shape index (κ2) is 40.6. The number of amides is 1. The summed E-state index contributed by atoms with van der Waals surface area (Å²) in [7, 11) is 3.74. The molecule has 0 fully saturated rings. The zero-order valence-corrected chi connectivity index (χ0v) is 63.3. The summed E-state index contributed by atoms with van der Waals surface area (Å²) in [6, 6.07) is 5.63. The monoisotopic (exact) mass is 1320 g/mol. The van der Waals surface area contributed by atoms with Crippen LogP contribution >= 0.6 is 11.8 Å². The zero-order chi connectivity index (χ0) is 68.2. The smallest absolute Gasteiger partial charge is 0.331 e. The fourth-order valence-corrected chi connectivity index (χ4v) is 14.4. The van der Waals surface area contributed by atoms with E-state index in [9.17, 15) is 14.4 Å². The predicted molar refractivity (Wildman–Crippen MR) is 374 cm³/mol. The number of rotatable bonds is 29. The number of allylic oxidation sites excluding steroid dienone is 3. The summed E-state index contributed by atoms with van der Waals surface area (Å²) in [5.41, 5.74) is 2.11. The van der Waals surface area contributed by atoms with E-state index in [0.29, 0.717) is 49.0 Å². The summed E-state index contributed by atoms with van der Waals surface area (Å²) in [4.78, 5) is 40.1. The Bertz CT molecular complexity index is 2400. The minimum absolute atomic E-state index is 0.0151. The molecule has 1 aromatic rings. The highest BCUT2D eigenvalue weighted by Gasteiger charge is 2.45. The highest BCUT2D eigenvalue weighted by molar-refractivity contribution is 7.98. The van der Waals surface area contributed by atoms with Crippen molar-refractivity contribution in [1.29, 1.82) is 0 Å². The van der Waals surface area contributed by atoms with Gasteiger partial charge < -0.3 is 56.4 Å². The van der Waals surface area contributed by atoms with Crippen LogP contribution in [0.1, 0.15) is 161 Å². The first-order valence-corrected chi connectivity index (χ1v) is 40.1. The summed E-state index contributed by atoms with van der Waals surface area (Å²) in [5, 5.41) is -0.114. The average Bonchev–Trinajstić information content (AvgIpc) is 1.42. The third-order valence-corrected chi connectivity index (χ3v) is 28.5. The molecule has 90 heavy (non-hydrogen) atoms. The fraction of sp³-hybridized carbons (Fsp3) is 0.736. The Morgan fingerprint density at radius 3 is 2.11 bits per heavy atom. The van der Waals surface area contributed by atoms with Crippen LogP contribution in [0.3, 0.4) is 0 Å². The number of thioether (sulfide) groups is 1. The van der Waals surface area contributed by atoms with Crippen molar-refractivity contribution < 1.29 is 65.9 Å². The molecular formula is C72H125NO14SSi2. The molecule has 18 heteroatoms. The van der Waals surface area contributed by atoms with Crippen molar-refractivity contribution in [3.8, 4) is 11.5 Å². The number of methoxy groups -OCH3 is 4. The molecule has 15 atom stereocenters. The first-order chi connectivity index (χ1) is 42.1. The molecule has 0 N–H and O–H groups in total. The molecule has 1 amide bonds. The second-order valence-electron chi connectivity index (χ2n) is 28.6. The van der Waals surface area contributed by atoms with Crippen LogP contribution in [0.2, 0.25) is 36.3 Å². The van der Waals surface area contributed by atoms with Gasteiger partial charge in [0.15, 0.2) is 28.1 Å². The van der Waals surface area contributed by atoms with E-state index in [0.717, 1.165) is 37.7 Å². The van der Waals surface area contributed by atoms with Gasteiger partial charge in [-0.25, -0.2) is 4.79 Å². The number of carbonyl (C=O) groups excluding carboxylic acids is 3. The van der Waals surface area contributed by atoms with Crippen molar-refractivity contribution in [2.45, 2.75) is 247 Å². The number of nitrogens with zero attached hydrogens (tertiary/aromatic N) is 1. The van der Waals surface area contributed by atoms with E-state index in [4.69, 9.17) is 51.5 Å². The number of hydrogen-bond acceptors (Lipinski definition) is 15. The normalized spacial score (nSPS) is 26.0. The van der Waals surface area contributed by atoms with Crippen molar-refractivity contribution in [1.82, 2.24) is 4.90 Å². The summed E-state index contributed by atoms with van der Waals surface area (Å²) in [6.07, 6.45) is 23.6. The van der Waals surface area contributed by atoms with E-state index in [1.807, 2.05) is 51.3 Å². The molecule has 1 aliphatic rings. The molecular weight excluding hydrogens is 1190 g/mol. The fourth-order valence-electron chi connectivity index (χ4n) is 11.1. The van der Waals surface area contributed by atoms with Gasteiger partial charge in [-0.3, -0.25) is 9.59 Å². The quantitative estimate of drug-likeness (QED) is 0.0186. The van der Waals surface area contributed by atoms with Crippen LogP contribution in [0.4, 0.5) is 0 Å². The van der Waals surface area contributed by atoms with Gasteiger partial charge in [0.2, 0.25) is 6.41 Å². The lowest BCUT2D eigenvalue weighted by Gasteiger charge is -2.44. The zero-order valence-electron chi connectivity index (χ0n) is 60.5.